The first kappa shape index (κ1) is 24.0. The van der Waals surface area contributed by atoms with Gasteiger partial charge in [-0.3, -0.25) is 9.59 Å². The van der Waals surface area contributed by atoms with Crippen molar-refractivity contribution in [1.82, 2.24) is 10.2 Å². The number of aliphatic carboxylic acids is 1. The van der Waals surface area contributed by atoms with E-state index in [0.29, 0.717) is 5.75 Å². The molecule has 2 aromatic carbocycles. The van der Waals surface area contributed by atoms with E-state index in [1.807, 2.05) is 48.5 Å². The summed E-state index contributed by atoms with van der Waals surface area (Å²) < 4.78 is 31.7. The molecule has 7 nitrogen and oxygen atoms in total. The topological polar surface area (TPSA) is 95.9 Å². The van der Waals surface area contributed by atoms with Gasteiger partial charge in [-0.25, -0.2) is 13.6 Å². The number of nitrogens with one attached hydrogen (secondary N) is 1. The first-order valence-electron chi connectivity index (χ1n) is 10.9. The predicted molar refractivity (Wildman–Crippen MR) is 123 cm³/mol. The van der Waals surface area contributed by atoms with Gasteiger partial charge in [-0.2, -0.15) is 0 Å². The number of hydrogen-bond acceptors (Lipinski definition) is 5. The SMILES string of the molecule is O=C(NC(CC(F)F)C(=O)N1CCSC(C(=O)O)C1)OCC1c2ccccc2-c2ccccc21. The maximum Gasteiger partial charge on any atom is 0.407 e. The number of thioether (sulfide) groups is 1. The number of carboxylic acids is 1. The Morgan fingerprint density at radius 1 is 1.09 bits per heavy atom. The fourth-order valence-electron chi connectivity index (χ4n) is 4.40. The Bertz CT molecular complexity index is 1040. The standard InChI is InChI=1S/C24H24F2N2O5S/c25-21(26)11-19(22(29)28-9-10-34-20(12-28)23(30)31)27-24(32)33-13-18-16-7-3-1-5-14(16)15-6-2-4-8-17(15)18/h1-8,18-21H,9-13H2,(H,27,32)(H,30,31). The first-order valence-corrected chi connectivity index (χ1v) is 11.9. The number of amides is 2. The molecule has 2 aromatic rings. The van der Waals surface area contributed by atoms with Gasteiger partial charge in [-0.1, -0.05) is 48.5 Å². The monoisotopic (exact) mass is 490 g/mol. The molecule has 0 spiro atoms. The van der Waals surface area contributed by atoms with E-state index in [9.17, 15) is 28.3 Å². The molecule has 0 radical (unpaired) electrons. The third-order valence-corrected chi connectivity index (χ3v) is 7.17. The molecule has 2 unspecified atom stereocenters. The Hall–Kier alpha value is -3.14. The molecule has 0 aromatic heterocycles. The maximum absolute atomic E-state index is 13.2. The molecule has 1 saturated heterocycles. The normalized spacial score (nSPS) is 18.2. The second-order valence-corrected chi connectivity index (χ2v) is 9.44. The summed E-state index contributed by atoms with van der Waals surface area (Å²) >= 11 is 1.19. The van der Waals surface area contributed by atoms with Gasteiger partial charge in [0.2, 0.25) is 12.3 Å². The van der Waals surface area contributed by atoms with Crippen molar-refractivity contribution in [2.45, 2.75) is 30.1 Å². The quantitative estimate of drug-likeness (QED) is 0.616. The molecule has 34 heavy (non-hydrogen) atoms. The van der Waals surface area contributed by atoms with Crippen LogP contribution >= 0.6 is 11.8 Å². The summed E-state index contributed by atoms with van der Waals surface area (Å²) in [5.74, 6) is -1.65. The van der Waals surface area contributed by atoms with E-state index in [-0.39, 0.29) is 25.6 Å². The molecule has 1 fully saturated rings. The average Bonchev–Trinajstić information content (AvgIpc) is 3.15. The van der Waals surface area contributed by atoms with Gasteiger partial charge in [0.15, 0.2) is 0 Å². The lowest BCUT2D eigenvalue weighted by Crippen LogP contribution is -2.53. The summed E-state index contributed by atoms with van der Waals surface area (Å²) in [6, 6.07) is 14.1. The van der Waals surface area contributed by atoms with Crippen molar-refractivity contribution in [3.8, 4) is 11.1 Å². The Morgan fingerprint density at radius 3 is 2.29 bits per heavy atom. The van der Waals surface area contributed by atoms with Crippen LogP contribution < -0.4 is 5.32 Å². The van der Waals surface area contributed by atoms with Gasteiger partial charge in [0.05, 0.1) is 0 Å². The molecule has 1 aliphatic heterocycles. The van der Waals surface area contributed by atoms with E-state index >= 15 is 0 Å². The highest BCUT2D eigenvalue weighted by Gasteiger charge is 2.35. The summed E-state index contributed by atoms with van der Waals surface area (Å²) in [6.07, 6.45) is -4.69. The number of fused-ring (bicyclic) bond motifs is 3. The molecule has 0 bridgehead atoms. The fourth-order valence-corrected chi connectivity index (χ4v) is 5.44. The molecule has 2 aliphatic rings. The molecule has 2 N–H and O–H groups in total. The Kier molecular flexibility index (Phi) is 7.35. The number of ether oxygens (including phenoxy) is 1. The second kappa shape index (κ2) is 10.4. The number of hydrogen-bond donors (Lipinski definition) is 2. The third kappa shape index (κ3) is 5.16. The highest BCUT2D eigenvalue weighted by atomic mass is 32.2. The molecule has 4 rings (SSSR count). The van der Waals surface area contributed by atoms with Gasteiger partial charge in [0, 0.05) is 31.2 Å². The number of carbonyl (C=O) groups is 3. The summed E-state index contributed by atoms with van der Waals surface area (Å²) in [5, 5.41) is 10.7. The number of carboxylic acid groups (broad SMARTS) is 1. The summed E-state index contributed by atoms with van der Waals surface area (Å²) in [7, 11) is 0. The molecule has 1 aliphatic carbocycles. The summed E-state index contributed by atoms with van der Waals surface area (Å²) in [5.41, 5.74) is 4.10. The molecule has 0 saturated carbocycles. The van der Waals surface area contributed by atoms with Crippen LogP contribution in [0.1, 0.15) is 23.5 Å². The van der Waals surface area contributed by atoms with Gasteiger partial charge < -0.3 is 20.1 Å². The molecule has 10 heteroatoms. The lowest BCUT2D eigenvalue weighted by molar-refractivity contribution is -0.139. The minimum Gasteiger partial charge on any atom is -0.480 e. The van der Waals surface area contributed by atoms with Crippen LogP contribution in [0.5, 0.6) is 0 Å². The zero-order valence-corrected chi connectivity index (χ0v) is 19.0. The van der Waals surface area contributed by atoms with Crippen molar-refractivity contribution < 1.29 is 33.0 Å². The number of benzene rings is 2. The number of carbonyl (C=O) groups excluding carboxylic acids is 2. The molecule has 2 amide bonds. The number of nitrogens with zero attached hydrogens (tertiary/aromatic N) is 1. The van der Waals surface area contributed by atoms with Crippen molar-refractivity contribution in [3.63, 3.8) is 0 Å². The van der Waals surface area contributed by atoms with Crippen molar-refractivity contribution in [2.75, 3.05) is 25.4 Å². The highest BCUT2D eigenvalue weighted by Crippen LogP contribution is 2.44. The van der Waals surface area contributed by atoms with Crippen molar-refractivity contribution in [2.24, 2.45) is 0 Å². The average molecular weight is 491 g/mol. The van der Waals surface area contributed by atoms with Crippen LogP contribution in [0.3, 0.4) is 0 Å². The van der Waals surface area contributed by atoms with Gasteiger partial charge >= 0.3 is 12.1 Å². The van der Waals surface area contributed by atoms with E-state index < -0.39 is 42.1 Å². The van der Waals surface area contributed by atoms with Gasteiger partial charge in [-0.15, -0.1) is 11.8 Å². The molecular weight excluding hydrogens is 466 g/mol. The number of rotatable bonds is 7. The van der Waals surface area contributed by atoms with Crippen LogP contribution in [-0.4, -0.2) is 71.1 Å². The zero-order chi connectivity index (χ0) is 24.2. The summed E-state index contributed by atoms with van der Waals surface area (Å²) in [4.78, 5) is 37.9. The predicted octanol–water partition coefficient (Wildman–Crippen LogP) is 3.58. The van der Waals surface area contributed by atoms with Gasteiger partial charge in [0.25, 0.3) is 0 Å². The van der Waals surface area contributed by atoms with Crippen LogP contribution in [0.2, 0.25) is 0 Å². The van der Waals surface area contributed by atoms with E-state index in [1.165, 1.54) is 16.7 Å². The van der Waals surface area contributed by atoms with E-state index in [1.54, 1.807) is 0 Å². The highest BCUT2D eigenvalue weighted by molar-refractivity contribution is 8.00. The van der Waals surface area contributed by atoms with Gasteiger partial charge in [-0.05, 0) is 22.3 Å². The molecular formula is C24H24F2N2O5S. The van der Waals surface area contributed by atoms with Gasteiger partial charge in [0.1, 0.15) is 17.9 Å². The Morgan fingerprint density at radius 2 is 1.71 bits per heavy atom. The van der Waals surface area contributed by atoms with E-state index in [0.717, 1.165) is 22.3 Å². The van der Waals surface area contributed by atoms with E-state index in [4.69, 9.17) is 4.74 Å². The lowest BCUT2D eigenvalue weighted by Gasteiger charge is -2.33. The van der Waals surface area contributed by atoms with Crippen LogP contribution in [0.25, 0.3) is 11.1 Å². The minimum absolute atomic E-state index is 0.0170. The molecule has 1 heterocycles. The Labute approximate surface area is 199 Å². The smallest absolute Gasteiger partial charge is 0.407 e. The first-order chi connectivity index (χ1) is 16.3. The van der Waals surface area contributed by atoms with Crippen molar-refractivity contribution in [3.05, 3.63) is 59.7 Å². The number of alkyl carbamates (subject to hydrolysis) is 1. The lowest BCUT2D eigenvalue weighted by atomic mass is 9.98. The fraction of sp³-hybridized carbons (Fsp3) is 0.375. The zero-order valence-electron chi connectivity index (χ0n) is 18.2. The minimum atomic E-state index is -2.84. The Balaban J connectivity index is 1.42. The van der Waals surface area contributed by atoms with Crippen molar-refractivity contribution >= 4 is 29.7 Å². The van der Waals surface area contributed by atoms with Crippen LogP contribution in [0.15, 0.2) is 48.5 Å². The van der Waals surface area contributed by atoms with Crippen LogP contribution in [0.4, 0.5) is 13.6 Å². The largest absolute Gasteiger partial charge is 0.480 e. The summed E-state index contributed by atoms with van der Waals surface area (Å²) in [6.45, 7) is 0.0984. The number of halogens is 2. The van der Waals surface area contributed by atoms with Crippen LogP contribution in [0, 0.1) is 0 Å². The number of alkyl halides is 2. The third-order valence-electron chi connectivity index (χ3n) is 6.00. The molecule has 2 atom stereocenters. The van der Waals surface area contributed by atoms with Crippen LogP contribution in [-0.2, 0) is 14.3 Å². The molecule has 180 valence electrons. The van der Waals surface area contributed by atoms with Crippen molar-refractivity contribution in [1.29, 1.82) is 0 Å². The van der Waals surface area contributed by atoms with E-state index in [2.05, 4.69) is 5.32 Å². The second-order valence-electron chi connectivity index (χ2n) is 8.13. The maximum atomic E-state index is 13.2.